The lowest BCUT2D eigenvalue weighted by molar-refractivity contribution is 0.186. The number of nitrogens with zero attached hydrogens (tertiary/aromatic N) is 1. The summed E-state index contributed by atoms with van der Waals surface area (Å²) >= 11 is 0. The minimum atomic E-state index is 0.718. The highest BCUT2D eigenvalue weighted by molar-refractivity contribution is 5.04. The molecule has 2 unspecified atom stereocenters. The predicted molar refractivity (Wildman–Crippen MR) is 74.5 cm³/mol. The summed E-state index contributed by atoms with van der Waals surface area (Å²) < 4.78 is 5.13. The summed E-state index contributed by atoms with van der Waals surface area (Å²) in [6.07, 6.45) is 9.10. The predicted octanol–water partition coefficient (Wildman–Crippen LogP) is 2.88. The lowest BCUT2D eigenvalue weighted by atomic mass is 9.84. The molecule has 1 aromatic rings. The van der Waals surface area contributed by atoms with E-state index >= 15 is 0 Å². The van der Waals surface area contributed by atoms with E-state index in [9.17, 15) is 0 Å². The topological polar surface area (TPSA) is 28.4 Å². The quantitative estimate of drug-likeness (QED) is 0.841. The van der Waals surface area contributed by atoms with Crippen molar-refractivity contribution in [2.75, 3.05) is 20.1 Å². The number of nitrogens with one attached hydrogen (secondary N) is 1. The van der Waals surface area contributed by atoms with Gasteiger partial charge in [-0.1, -0.05) is 19.8 Å². The Morgan fingerprint density at radius 1 is 1.39 bits per heavy atom. The van der Waals surface area contributed by atoms with E-state index in [-0.39, 0.29) is 0 Å². The average molecular weight is 250 g/mol. The van der Waals surface area contributed by atoms with Gasteiger partial charge < -0.3 is 14.6 Å². The maximum Gasteiger partial charge on any atom is 0.0947 e. The SMILES string of the molecule is CCNC1CCCCC1CN(C)Cc1ccoc1. The first kappa shape index (κ1) is 13.6. The minimum Gasteiger partial charge on any atom is -0.472 e. The highest BCUT2D eigenvalue weighted by Crippen LogP contribution is 2.25. The Morgan fingerprint density at radius 2 is 2.22 bits per heavy atom. The largest absolute Gasteiger partial charge is 0.472 e. The smallest absolute Gasteiger partial charge is 0.0947 e. The molecule has 102 valence electrons. The number of hydrogen-bond acceptors (Lipinski definition) is 3. The van der Waals surface area contributed by atoms with Crippen LogP contribution in [0.2, 0.25) is 0 Å². The van der Waals surface area contributed by atoms with Gasteiger partial charge in [0.1, 0.15) is 0 Å². The molecule has 0 bridgehead atoms. The molecule has 1 aromatic heterocycles. The Morgan fingerprint density at radius 3 is 2.94 bits per heavy atom. The van der Waals surface area contributed by atoms with Gasteiger partial charge in [-0.25, -0.2) is 0 Å². The zero-order valence-corrected chi connectivity index (χ0v) is 11.7. The Bertz CT molecular complexity index is 321. The second-order valence-corrected chi connectivity index (χ2v) is 5.54. The van der Waals surface area contributed by atoms with Crippen LogP contribution in [0.25, 0.3) is 0 Å². The van der Waals surface area contributed by atoms with E-state index in [1.807, 2.05) is 6.26 Å². The van der Waals surface area contributed by atoms with Crippen molar-refractivity contribution in [2.45, 2.75) is 45.2 Å². The molecule has 3 heteroatoms. The first-order valence-electron chi connectivity index (χ1n) is 7.22. The van der Waals surface area contributed by atoms with Crippen molar-refractivity contribution in [3.8, 4) is 0 Å². The molecule has 1 saturated carbocycles. The van der Waals surface area contributed by atoms with Crippen LogP contribution >= 0.6 is 0 Å². The Hall–Kier alpha value is -0.800. The highest BCUT2D eigenvalue weighted by Gasteiger charge is 2.25. The Kier molecular flexibility index (Phi) is 5.26. The molecule has 0 amide bonds. The van der Waals surface area contributed by atoms with E-state index in [4.69, 9.17) is 4.42 Å². The zero-order chi connectivity index (χ0) is 12.8. The van der Waals surface area contributed by atoms with Gasteiger partial charge in [0.15, 0.2) is 0 Å². The van der Waals surface area contributed by atoms with E-state index < -0.39 is 0 Å². The van der Waals surface area contributed by atoms with Crippen molar-refractivity contribution in [3.63, 3.8) is 0 Å². The van der Waals surface area contributed by atoms with Gasteiger partial charge in [0, 0.05) is 24.7 Å². The van der Waals surface area contributed by atoms with Crippen LogP contribution in [0.1, 0.15) is 38.2 Å². The second kappa shape index (κ2) is 6.95. The van der Waals surface area contributed by atoms with E-state index in [1.54, 1.807) is 6.26 Å². The van der Waals surface area contributed by atoms with Gasteiger partial charge in [0.05, 0.1) is 12.5 Å². The molecule has 2 rings (SSSR count). The molecule has 2 atom stereocenters. The van der Waals surface area contributed by atoms with Gasteiger partial charge in [-0.15, -0.1) is 0 Å². The fourth-order valence-corrected chi connectivity index (χ4v) is 3.12. The lowest BCUT2D eigenvalue weighted by Gasteiger charge is -2.34. The van der Waals surface area contributed by atoms with Crippen molar-refractivity contribution in [3.05, 3.63) is 24.2 Å². The van der Waals surface area contributed by atoms with Crippen LogP contribution in [0, 0.1) is 5.92 Å². The third-order valence-electron chi connectivity index (χ3n) is 3.95. The molecule has 1 aliphatic rings. The number of hydrogen-bond donors (Lipinski definition) is 1. The van der Waals surface area contributed by atoms with Crippen molar-refractivity contribution in [1.29, 1.82) is 0 Å². The summed E-state index contributed by atoms with van der Waals surface area (Å²) in [6, 6.07) is 2.77. The van der Waals surface area contributed by atoms with Crippen LogP contribution in [0.3, 0.4) is 0 Å². The molecular weight excluding hydrogens is 224 g/mol. The van der Waals surface area contributed by atoms with Gasteiger partial charge in [0.25, 0.3) is 0 Å². The maximum atomic E-state index is 5.13. The molecule has 18 heavy (non-hydrogen) atoms. The number of furan rings is 1. The molecule has 1 N–H and O–H groups in total. The molecule has 3 nitrogen and oxygen atoms in total. The van der Waals surface area contributed by atoms with Crippen LogP contribution < -0.4 is 5.32 Å². The van der Waals surface area contributed by atoms with E-state index in [0.717, 1.165) is 25.0 Å². The first-order chi connectivity index (χ1) is 8.79. The van der Waals surface area contributed by atoms with Gasteiger partial charge in [-0.2, -0.15) is 0 Å². The molecular formula is C15H26N2O. The fourth-order valence-electron chi connectivity index (χ4n) is 3.12. The van der Waals surface area contributed by atoms with Crippen LogP contribution in [0.5, 0.6) is 0 Å². The van der Waals surface area contributed by atoms with Crippen LogP contribution in [0.15, 0.2) is 23.0 Å². The summed E-state index contributed by atoms with van der Waals surface area (Å²) in [6.45, 7) is 5.47. The summed E-state index contributed by atoms with van der Waals surface area (Å²) in [7, 11) is 2.21. The highest BCUT2D eigenvalue weighted by atomic mass is 16.3. The van der Waals surface area contributed by atoms with Crippen LogP contribution in [-0.2, 0) is 6.54 Å². The fraction of sp³-hybridized carbons (Fsp3) is 0.733. The number of rotatable bonds is 6. The minimum absolute atomic E-state index is 0.718. The van der Waals surface area contributed by atoms with E-state index in [1.165, 1.54) is 37.8 Å². The van der Waals surface area contributed by atoms with Gasteiger partial charge in [-0.3, -0.25) is 0 Å². The van der Waals surface area contributed by atoms with Crippen molar-refractivity contribution < 1.29 is 4.42 Å². The summed E-state index contributed by atoms with van der Waals surface area (Å²) in [5, 5.41) is 3.65. The lowest BCUT2D eigenvalue weighted by Crippen LogP contribution is -2.43. The average Bonchev–Trinajstić information content (AvgIpc) is 2.84. The third kappa shape index (κ3) is 3.85. The third-order valence-corrected chi connectivity index (χ3v) is 3.95. The Balaban J connectivity index is 1.82. The van der Waals surface area contributed by atoms with E-state index in [0.29, 0.717) is 0 Å². The van der Waals surface area contributed by atoms with Crippen LogP contribution in [0.4, 0.5) is 0 Å². The maximum absolute atomic E-state index is 5.13. The summed E-state index contributed by atoms with van der Waals surface area (Å²) in [5.41, 5.74) is 1.27. The van der Waals surface area contributed by atoms with Crippen LogP contribution in [-0.4, -0.2) is 31.1 Å². The van der Waals surface area contributed by atoms with Gasteiger partial charge >= 0.3 is 0 Å². The first-order valence-corrected chi connectivity index (χ1v) is 7.22. The molecule has 1 fully saturated rings. The molecule has 0 spiro atoms. The van der Waals surface area contributed by atoms with Gasteiger partial charge in [-0.05, 0) is 38.4 Å². The van der Waals surface area contributed by atoms with E-state index in [2.05, 4.69) is 30.3 Å². The molecule has 1 aliphatic carbocycles. The molecule has 0 saturated heterocycles. The van der Waals surface area contributed by atoms with Crippen molar-refractivity contribution in [1.82, 2.24) is 10.2 Å². The zero-order valence-electron chi connectivity index (χ0n) is 11.7. The second-order valence-electron chi connectivity index (χ2n) is 5.54. The standard InChI is InChI=1S/C15H26N2O/c1-3-16-15-7-5-4-6-14(15)11-17(2)10-13-8-9-18-12-13/h8-9,12,14-16H,3-7,10-11H2,1-2H3. The summed E-state index contributed by atoms with van der Waals surface area (Å²) in [4.78, 5) is 2.42. The van der Waals surface area contributed by atoms with Gasteiger partial charge in [0.2, 0.25) is 0 Å². The van der Waals surface area contributed by atoms with Crippen molar-refractivity contribution in [2.24, 2.45) is 5.92 Å². The molecule has 1 heterocycles. The molecule has 0 aliphatic heterocycles. The Labute approximate surface area is 111 Å². The normalized spacial score (nSPS) is 24.6. The summed E-state index contributed by atoms with van der Waals surface area (Å²) in [5.74, 6) is 0.801. The monoisotopic (exact) mass is 250 g/mol. The molecule has 0 aromatic carbocycles. The molecule has 0 radical (unpaired) electrons. The van der Waals surface area contributed by atoms with Crippen molar-refractivity contribution >= 4 is 0 Å².